The quantitative estimate of drug-likeness (QED) is 0.815. The molecule has 0 fully saturated rings. The van der Waals surface area contributed by atoms with Gasteiger partial charge in [0.1, 0.15) is 0 Å². The molecule has 1 rings (SSSR count). The highest BCUT2D eigenvalue weighted by Gasteiger charge is 2.10. The molecule has 0 heterocycles. The lowest BCUT2D eigenvalue weighted by Gasteiger charge is -2.24. The molecular weight excluding hydrogens is 228 g/mol. The molecule has 0 radical (unpaired) electrons. The molecule has 0 aliphatic heterocycles. The van der Waals surface area contributed by atoms with Gasteiger partial charge >= 0.3 is 0 Å². The smallest absolute Gasteiger partial charge is 0.0742 e. The number of rotatable bonds is 5. The van der Waals surface area contributed by atoms with Crippen LogP contribution in [-0.4, -0.2) is 23.0 Å². The Bertz CT molecular complexity index is 401. The number of hydrogen-bond acceptors (Lipinski definition) is 2. The summed E-state index contributed by atoms with van der Waals surface area (Å²) in [5.74, 6) is 0. The van der Waals surface area contributed by atoms with Gasteiger partial charge in [0.25, 0.3) is 0 Å². The van der Waals surface area contributed by atoms with E-state index >= 15 is 0 Å². The van der Waals surface area contributed by atoms with Crippen molar-refractivity contribution in [2.75, 3.05) is 7.05 Å². The molecule has 0 amide bonds. The molecule has 0 spiro atoms. The van der Waals surface area contributed by atoms with E-state index in [4.69, 9.17) is 18.0 Å². The predicted octanol–water partition coefficient (Wildman–Crippen LogP) is 2.80. The third-order valence-corrected chi connectivity index (χ3v) is 3.42. The van der Waals surface area contributed by atoms with E-state index in [-0.39, 0.29) is 0 Å². The number of aryl methyl sites for hydroxylation is 2. The second-order valence-corrected chi connectivity index (χ2v) is 5.38. The van der Waals surface area contributed by atoms with E-state index in [0.717, 1.165) is 13.0 Å². The number of hydrogen-bond donors (Lipinski definition) is 1. The lowest BCUT2D eigenvalue weighted by molar-refractivity contribution is 0.255. The van der Waals surface area contributed by atoms with Crippen LogP contribution in [0.5, 0.6) is 0 Å². The molecule has 2 nitrogen and oxygen atoms in total. The fourth-order valence-corrected chi connectivity index (χ4v) is 2.03. The van der Waals surface area contributed by atoms with Crippen molar-refractivity contribution in [2.24, 2.45) is 5.73 Å². The average molecular weight is 250 g/mol. The standard InChI is InChI=1S/C14H22N2S/c1-10-5-6-13(7-11(10)2)9-16(4)12(3)8-14(15)17/h5-7,12H,8-9H2,1-4H3,(H2,15,17). The monoisotopic (exact) mass is 250 g/mol. The topological polar surface area (TPSA) is 29.3 Å². The van der Waals surface area contributed by atoms with Crippen LogP contribution in [0, 0.1) is 13.8 Å². The summed E-state index contributed by atoms with van der Waals surface area (Å²) >= 11 is 4.94. The third-order valence-electron chi connectivity index (χ3n) is 3.25. The lowest BCUT2D eigenvalue weighted by atomic mass is 10.1. The van der Waals surface area contributed by atoms with Gasteiger partial charge in [0.05, 0.1) is 4.99 Å². The van der Waals surface area contributed by atoms with Gasteiger partial charge in [0, 0.05) is 19.0 Å². The molecule has 1 atom stereocenters. The third kappa shape index (κ3) is 4.44. The highest BCUT2D eigenvalue weighted by Crippen LogP contribution is 2.13. The van der Waals surface area contributed by atoms with Crippen molar-refractivity contribution in [1.29, 1.82) is 0 Å². The van der Waals surface area contributed by atoms with Crippen LogP contribution in [0.15, 0.2) is 18.2 Å². The molecule has 0 saturated carbocycles. The molecular formula is C14H22N2S. The maximum absolute atomic E-state index is 5.57. The Balaban J connectivity index is 2.64. The molecule has 0 bridgehead atoms. The van der Waals surface area contributed by atoms with E-state index in [2.05, 4.69) is 50.9 Å². The van der Waals surface area contributed by atoms with Gasteiger partial charge in [-0.05, 0) is 44.5 Å². The van der Waals surface area contributed by atoms with Crippen LogP contribution in [0.2, 0.25) is 0 Å². The van der Waals surface area contributed by atoms with Crippen molar-refractivity contribution in [1.82, 2.24) is 4.90 Å². The second-order valence-electron chi connectivity index (χ2n) is 4.85. The van der Waals surface area contributed by atoms with E-state index in [9.17, 15) is 0 Å². The van der Waals surface area contributed by atoms with Gasteiger partial charge in [-0.25, -0.2) is 0 Å². The van der Waals surface area contributed by atoms with Crippen molar-refractivity contribution < 1.29 is 0 Å². The van der Waals surface area contributed by atoms with Crippen molar-refractivity contribution in [3.05, 3.63) is 34.9 Å². The summed E-state index contributed by atoms with van der Waals surface area (Å²) in [5, 5.41) is 0. The second kappa shape index (κ2) is 6.12. The lowest BCUT2D eigenvalue weighted by Crippen LogP contribution is -2.32. The Labute approximate surface area is 110 Å². The minimum absolute atomic E-state index is 0.383. The maximum Gasteiger partial charge on any atom is 0.0742 e. The molecule has 1 unspecified atom stereocenters. The Morgan fingerprint density at radius 2 is 2.00 bits per heavy atom. The van der Waals surface area contributed by atoms with E-state index in [1.807, 2.05) is 0 Å². The van der Waals surface area contributed by atoms with Gasteiger partial charge in [0.2, 0.25) is 0 Å². The Kier molecular flexibility index (Phi) is 5.09. The van der Waals surface area contributed by atoms with Gasteiger partial charge in [-0.3, -0.25) is 4.90 Å². The highest BCUT2D eigenvalue weighted by atomic mass is 32.1. The summed E-state index contributed by atoms with van der Waals surface area (Å²) in [6.45, 7) is 7.38. The first-order valence-corrected chi connectivity index (χ1v) is 6.35. The minimum Gasteiger partial charge on any atom is -0.393 e. The first kappa shape index (κ1) is 14.1. The summed E-state index contributed by atoms with van der Waals surface area (Å²) in [6, 6.07) is 7.00. The van der Waals surface area contributed by atoms with Crippen LogP contribution in [0.25, 0.3) is 0 Å². The minimum atomic E-state index is 0.383. The van der Waals surface area contributed by atoms with E-state index < -0.39 is 0 Å². The predicted molar refractivity (Wildman–Crippen MR) is 78.2 cm³/mol. The van der Waals surface area contributed by atoms with Gasteiger partial charge in [-0.2, -0.15) is 0 Å². The van der Waals surface area contributed by atoms with Gasteiger partial charge in [-0.1, -0.05) is 30.4 Å². The highest BCUT2D eigenvalue weighted by molar-refractivity contribution is 7.80. The molecule has 2 N–H and O–H groups in total. The number of thiocarbonyl (C=S) groups is 1. The molecule has 1 aromatic rings. The summed E-state index contributed by atoms with van der Waals surface area (Å²) < 4.78 is 0. The van der Waals surface area contributed by atoms with Crippen molar-refractivity contribution in [3.63, 3.8) is 0 Å². The zero-order valence-corrected chi connectivity index (χ0v) is 12.0. The van der Waals surface area contributed by atoms with Gasteiger partial charge < -0.3 is 5.73 Å². The SMILES string of the molecule is Cc1ccc(CN(C)C(C)CC(N)=S)cc1C. The number of nitrogens with zero attached hydrogens (tertiary/aromatic N) is 1. The summed E-state index contributed by atoms with van der Waals surface area (Å²) in [7, 11) is 2.11. The zero-order valence-electron chi connectivity index (χ0n) is 11.2. The summed E-state index contributed by atoms with van der Waals surface area (Å²) in [5.41, 5.74) is 9.60. The average Bonchev–Trinajstić information content (AvgIpc) is 2.22. The first-order valence-electron chi connectivity index (χ1n) is 5.95. The van der Waals surface area contributed by atoms with Crippen LogP contribution in [0.3, 0.4) is 0 Å². The van der Waals surface area contributed by atoms with Gasteiger partial charge in [0.15, 0.2) is 0 Å². The molecule has 0 aliphatic rings. The van der Waals surface area contributed by atoms with Crippen LogP contribution in [-0.2, 0) is 6.54 Å². The number of benzene rings is 1. The van der Waals surface area contributed by atoms with Crippen LogP contribution < -0.4 is 5.73 Å². The van der Waals surface area contributed by atoms with E-state index in [0.29, 0.717) is 11.0 Å². The largest absolute Gasteiger partial charge is 0.393 e. The summed E-state index contributed by atoms with van der Waals surface area (Å²) in [4.78, 5) is 2.87. The Hall–Kier alpha value is -0.930. The van der Waals surface area contributed by atoms with Crippen LogP contribution in [0.4, 0.5) is 0 Å². The van der Waals surface area contributed by atoms with Crippen molar-refractivity contribution in [3.8, 4) is 0 Å². The molecule has 94 valence electrons. The fourth-order valence-electron chi connectivity index (χ4n) is 1.79. The van der Waals surface area contributed by atoms with Crippen LogP contribution >= 0.6 is 12.2 Å². The molecule has 3 heteroatoms. The fraction of sp³-hybridized carbons (Fsp3) is 0.500. The normalized spacial score (nSPS) is 12.8. The Morgan fingerprint density at radius 3 is 2.53 bits per heavy atom. The molecule has 0 aliphatic carbocycles. The van der Waals surface area contributed by atoms with Crippen molar-refractivity contribution >= 4 is 17.2 Å². The number of nitrogens with two attached hydrogens (primary N) is 1. The van der Waals surface area contributed by atoms with E-state index in [1.54, 1.807) is 0 Å². The first-order chi connectivity index (χ1) is 7.90. The Morgan fingerprint density at radius 1 is 1.35 bits per heavy atom. The summed E-state index contributed by atoms with van der Waals surface area (Å²) in [6.07, 6.45) is 0.774. The molecule has 1 aromatic carbocycles. The van der Waals surface area contributed by atoms with Gasteiger partial charge in [-0.15, -0.1) is 0 Å². The van der Waals surface area contributed by atoms with Crippen LogP contribution in [0.1, 0.15) is 30.0 Å². The molecule has 0 aromatic heterocycles. The zero-order chi connectivity index (χ0) is 13.0. The maximum atomic E-state index is 5.57. The van der Waals surface area contributed by atoms with E-state index in [1.165, 1.54) is 16.7 Å². The molecule has 0 saturated heterocycles. The van der Waals surface area contributed by atoms with Crippen molar-refractivity contribution in [2.45, 2.75) is 39.8 Å². The molecule has 17 heavy (non-hydrogen) atoms.